The molecule has 0 bridgehead atoms. The van der Waals surface area contributed by atoms with Crippen LogP contribution in [-0.2, 0) is 21.9 Å². The molecule has 0 saturated heterocycles. The molecular formula is C84H89ClF2N6O6S2Si2. The molecule has 0 radical (unpaired) electrons. The number of hydrogen-bond acceptors (Lipinski definition) is 11. The number of nitrogens with zero attached hydrogens (tertiary/aromatic N) is 5. The Morgan fingerprint density at radius 3 is 1.23 bits per heavy atom. The standard InChI is InChI=1S/C42H44FN3O3SSi.C34H38FN3O2SSi.C8H7ClO/c1-30-21-23-33(24-22-30)40(47)45(31(2)38-44-39-37(25-26-50-39)41(48)46(38)27-32-15-9-6-10-16-32)28-34(43)29-49-51(42(3,4)5,35-17-11-7-12-18-35)36-19-13-8-14-20-36;1-25(31-37-32-30(20-21-41-32)33(39)38(31)23-26-14-8-5-9-15-26)36-22-27(35)24-40-42(34(2,3)4,28-16-10-6-11-17-28)29-18-12-7-13-19-29;1-6-2-4-7(5-3-6)8(9)10/h6-26,31,34H,27-29H2,1-5H3;5-21,25,27,36H,22-24H2,1-4H3;2-5H,1H3. The molecule has 4 unspecified atom stereocenters. The van der Waals surface area contributed by atoms with Gasteiger partial charge in [-0.2, -0.15) is 0 Å². The van der Waals surface area contributed by atoms with Gasteiger partial charge in [0.1, 0.15) is 33.7 Å². The van der Waals surface area contributed by atoms with Crippen molar-refractivity contribution in [2.45, 2.75) is 117 Å². The van der Waals surface area contributed by atoms with Gasteiger partial charge in [-0.3, -0.25) is 28.3 Å². The third-order valence-electron chi connectivity index (χ3n) is 18.5. The molecule has 0 aliphatic carbocycles. The molecule has 0 saturated carbocycles. The van der Waals surface area contributed by atoms with Crippen LogP contribution in [0.5, 0.6) is 0 Å². The number of benzene rings is 8. The fourth-order valence-electron chi connectivity index (χ4n) is 13.2. The van der Waals surface area contributed by atoms with E-state index < -0.39 is 40.3 Å². The Morgan fingerprint density at radius 2 is 0.854 bits per heavy atom. The van der Waals surface area contributed by atoms with Gasteiger partial charge in [-0.25, -0.2) is 18.7 Å². The number of aryl methyl sites for hydroxylation is 2. The number of rotatable bonds is 24. The molecule has 1 N–H and O–H groups in total. The highest BCUT2D eigenvalue weighted by Crippen LogP contribution is 2.39. The van der Waals surface area contributed by atoms with E-state index in [1.54, 1.807) is 39.5 Å². The number of nitrogens with one attached hydrogen (secondary N) is 1. The van der Waals surface area contributed by atoms with Crippen LogP contribution in [-0.4, -0.2) is 90.4 Å². The smallest absolute Gasteiger partial charge is 0.262 e. The average molecular weight is 1470 g/mol. The normalized spacial score (nSPS) is 13.1. The van der Waals surface area contributed by atoms with Crippen LogP contribution in [0.25, 0.3) is 20.4 Å². The molecule has 0 aliphatic rings. The largest absolute Gasteiger partial charge is 0.404 e. The van der Waals surface area contributed by atoms with Crippen LogP contribution in [0.2, 0.25) is 10.1 Å². The molecule has 0 spiro atoms. The van der Waals surface area contributed by atoms with Gasteiger partial charge < -0.3 is 19.1 Å². The molecule has 4 aromatic heterocycles. The molecular weight excluding hydrogens is 1380 g/mol. The Morgan fingerprint density at radius 1 is 0.505 bits per heavy atom. The first-order valence-corrected chi connectivity index (χ1v) is 40.5. The van der Waals surface area contributed by atoms with E-state index >= 15 is 8.78 Å². The van der Waals surface area contributed by atoms with Gasteiger partial charge in [-0.05, 0) is 128 Å². The maximum absolute atomic E-state index is 16.8. The van der Waals surface area contributed by atoms with Crippen LogP contribution >= 0.6 is 34.3 Å². The highest BCUT2D eigenvalue weighted by Gasteiger charge is 2.52. The first kappa shape index (κ1) is 76.7. The van der Waals surface area contributed by atoms with Crippen LogP contribution < -0.4 is 37.2 Å². The summed E-state index contributed by atoms with van der Waals surface area (Å²) in [5.41, 5.74) is 4.77. The Bertz CT molecular complexity index is 4770. The lowest BCUT2D eigenvalue weighted by Crippen LogP contribution is -2.67. The van der Waals surface area contributed by atoms with Gasteiger partial charge in [0.25, 0.3) is 38.9 Å². The molecule has 0 aliphatic heterocycles. The molecule has 532 valence electrons. The number of fused-ring (bicyclic) bond motifs is 2. The van der Waals surface area contributed by atoms with Crippen LogP contribution in [0.3, 0.4) is 0 Å². The average Bonchev–Trinajstić information content (AvgIpc) is 1.34. The topological polar surface area (TPSA) is 138 Å². The molecule has 19 heteroatoms. The Balaban J connectivity index is 0.000000197. The van der Waals surface area contributed by atoms with E-state index in [9.17, 15) is 19.2 Å². The summed E-state index contributed by atoms with van der Waals surface area (Å²) in [6.07, 6.45) is -2.79. The summed E-state index contributed by atoms with van der Waals surface area (Å²) >= 11 is 8.03. The summed E-state index contributed by atoms with van der Waals surface area (Å²) in [6, 6.07) is 77.2. The predicted molar refractivity (Wildman–Crippen MR) is 424 cm³/mol. The lowest BCUT2D eigenvalue weighted by molar-refractivity contribution is 0.0569. The zero-order chi connectivity index (χ0) is 73.5. The molecule has 12 rings (SSSR count). The maximum Gasteiger partial charge on any atom is 0.262 e. The van der Waals surface area contributed by atoms with Crippen LogP contribution in [0, 0.1) is 13.8 Å². The summed E-state index contributed by atoms with van der Waals surface area (Å²) < 4.78 is 49.5. The number of carbonyl (C=O) groups excluding carboxylic acids is 2. The fraction of sp³-hybridized carbons (Fsp3) is 0.262. The first-order chi connectivity index (χ1) is 49.4. The molecule has 0 fully saturated rings. The third-order valence-corrected chi connectivity index (χ3v) is 30.3. The second-order valence-corrected chi connectivity index (χ2v) is 38.6. The zero-order valence-electron chi connectivity index (χ0n) is 59.9. The number of amides is 1. The van der Waals surface area contributed by atoms with Crippen LogP contribution in [0.1, 0.15) is 122 Å². The predicted octanol–water partition coefficient (Wildman–Crippen LogP) is 16.4. The summed E-state index contributed by atoms with van der Waals surface area (Å²) in [6.45, 7) is 20.9. The number of thiophene rings is 2. The van der Waals surface area contributed by atoms with Gasteiger partial charge in [-0.1, -0.05) is 259 Å². The van der Waals surface area contributed by atoms with Crippen LogP contribution in [0.4, 0.5) is 8.78 Å². The van der Waals surface area contributed by atoms with E-state index in [1.165, 1.54) is 27.6 Å². The monoisotopic (exact) mass is 1470 g/mol. The maximum atomic E-state index is 16.8. The van der Waals surface area contributed by atoms with E-state index in [0.717, 1.165) is 43.0 Å². The number of alkyl halides is 2. The van der Waals surface area contributed by atoms with Crippen LogP contribution in [0.15, 0.2) is 263 Å². The SMILES string of the molecule is CC(NCC(F)CO[Si](c1ccccc1)(c1ccccc1)C(C)(C)C)c1nc2sccc2c(=O)n1Cc1ccccc1.Cc1ccc(C(=O)Cl)cc1.Cc1ccc(C(=O)N(CC(F)CO[Si](c2ccccc2)(c2ccccc2)C(C)(C)C)C(C)c2nc3sccc3c(=O)n2Cc2ccccc2)cc1. The number of halogens is 3. The van der Waals surface area contributed by atoms with E-state index in [1.807, 2.05) is 202 Å². The van der Waals surface area contributed by atoms with Crippen molar-refractivity contribution in [2.75, 3.05) is 26.3 Å². The molecule has 1 amide bonds. The highest BCUT2D eigenvalue weighted by molar-refractivity contribution is 7.17. The van der Waals surface area contributed by atoms with Gasteiger partial charge in [0.15, 0.2) is 0 Å². The van der Waals surface area contributed by atoms with E-state index in [-0.39, 0.29) is 66.0 Å². The van der Waals surface area contributed by atoms with E-state index in [2.05, 4.69) is 95.4 Å². The minimum Gasteiger partial charge on any atom is -0.404 e. The highest BCUT2D eigenvalue weighted by atomic mass is 35.5. The fourth-order valence-corrected chi connectivity index (χ4v) is 24.0. The van der Waals surface area contributed by atoms with Gasteiger partial charge in [0, 0.05) is 17.7 Å². The molecule has 8 aromatic carbocycles. The van der Waals surface area contributed by atoms with Gasteiger partial charge in [0.2, 0.25) is 0 Å². The minimum absolute atomic E-state index is 0.0405. The number of hydrogen-bond donors (Lipinski definition) is 1. The summed E-state index contributed by atoms with van der Waals surface area (Å²) in [5, 5.41) is 11.5. The second-order valence-electron chi connectivity index (χ2n) is 27.9. The molecule has 12 aromatic rings. The molecule has 103 heavy (non-hydrogen) atoms. The summed E-state index contributed by atoms with van der Waals surface area (Å²) in [4.78, 5) is 64.9. The Labute approximate surface area is 617 Å². The van der Waals surface area contributed by atoms with Crippen molar-refractivity contribution < 1.29 is 27.2 Å². The molecule has 4 heterocycles. The van der Waals surface area contributed by atoms with Crippen molar-refractivity contribution in [1.82, 2.24) is 29.3 Å². The van der Waals surface area contributed by atoms with Crippen molar-refractivity contribution in [3.05, 3.63) is 319 Å². The number of carbonyl (C=O) groups is 2. The summed E-state index contributed by atoms with van der Waals surface area (Å²) in [5.74, 6) is 0.653. The van der Waals surface area contributed by atoms with E-state index in [4.69, 9.17) is 30.4 Å². The zero-order valence-corrected chi connectivity index (χ0v) is 64.3. The van der Waals surface area contributed by atoms with Gasteiger partial charge in [-0.15, -0.1) is 22.7 Å². The Kier molecular flexibility index (Phi) is 25.7. The lowest BCUT2D eigenvalue weighted by Gasteiger charge is -2.43. The first-order valence-electron chi connectivity index (χ1n) is 34.6. The van der Waals surface area contributed by atoms with Crippen molar-refractivity contribution in [3.63, 3.8) is 0 Å². The quantitative estimate of drug-likeness (QED) is 0.0463. The number of aromatic nitrogens is 4. The van der Waals surface area contributed by atoms with Crippen molar-refractivity contribution in [1.29, 1.82) is 0 Å². The molecule has 4 atom stereocenters. The molecule has 12 nitrogen and oxygen atoms in total. The lowest BCUT2D eigenvalue weighted by atomic mass is 10.1. The minimum atomic E-state index is -3.03. The van der Waals surface area contributed by atoms with Crippen molar-refractivity contribution in [2.24, 2.45) is 0 Å². The van der Waals surface area contributed by atoms with Crippen molar-refractivity contribution in [3.8, 4) is 0 Å². The van der Waals surface area contributed by atoms with Crippen molar-refractivity contribution >= 4 is 103 Å². The second kappa shape index (κ2) is 34.6. The van der Waals surface area contributed by atoms with Gasteiger partial charge >= 0.3 is 0 Å². The third kappa shape index (κ3) is 18.2. The summed E-state index contributed by atoms with van der Waals surface area (Å²) in [7, 11) is -5.87. The Hall–Kier alpha value is -8.96. The van der Waals surface area contributed by atoms with E-state index in [0.29, 0.717) is 49.8 Å². The van der Waals surface area contributed by atoms with Gasteiger partial charge in [0.05, 0.1) is 55.7 Å².